The van der Waals surface area contributed by atoms with Crippen LogP contribution in [-0.4, -0.2) is 17.2 Å². The Balaban J connectivity index is 2.29. The minimum atomic E-state index is -0.768. The number of hydrogen-bond donors (Lipinski definition) is 1. The van der Waals surface area contributed by atoms with Crippen molar-refractivity contribution in [2.24, 2.45) is 0 Å². The van der Waals surface area contributed by atoms with E-state index in [1.807, 2.05) is 30.3 Å². The Bertz CT molecular complexity index is 409. The van der Waals surface area contributed by atoms with Gasteiger partial charge < -0.3 is 9.84 Å². The number of esters is 1. The molecule has 2 rings (SSSR count). The predicted octanol–water partition coefficient (Wildman–Crippen LogP) is 1.68. The fourth-order valence-corrected chi connectivity index (χ4v) is 1.71. The van der Waals surface area contributed by atoms with Crippen LogP contribution in [0.5, 0.6) is 0 Å². The van der Waals surface area contributed by atoms with E-state index in [1.165, 1.54) is 6.92 Å². The van der Waals surface area contributed by atoms with Gasteiger partial charge in [-0.3, -0.25) is 4.79 Å². The van der Waals surface area contributed by atoms with Crippen molar-refractivity contribution in [3.8, 4) is 0 Å². The van der Waals surface area contributed by atoms with Gasteiger partial charge in [-0.25, -0.2) is 0 Å². The van der Waals surface area contributed by atoms with Crippen LogP contribution in [0.4, 0.5) is 0 Å². The third-order valence-corrected chi connectivity index (χ3v) is 2.39. The molecule has 0 amide bonds. The highest BCUT2D eigenvalue weighted by Crippen LogP contribution is 2.29. The van der Waals surface area contributed by atoms with Crippen LogP contribution >= 0.6 is 0 Å². The number of ether oxygens (including phenoxy) is 1. The first-order valence-corrected chi connectivity index (χ1v) is 4.81. The molecule has 0 heterocycles. The number of aliphatic hydroxyl groups is 1. The lowest BCUT2D eigenvalue weighted by Gasteiger charge is -2.24. The molecule has 0 spiro atoms. The summed E-state index contributed by atoms with van der Waals surface area (Å²) in [6.45, 7) is 1.33. The predicted molar refractivity (Wildman–Crippen MR) is 56.0 cm³/mol. The molecular formula is C12H12O3. The lowest BCUT2D eigenvalue weighted by atomic mass is 9.93. The summed E-state index contributed by atoms with van der Waals surface area (Å²) in [5.74, 6) is -0.386. The highest BCUT2D eigenvalue weighted by atomic mass is 16.6. The molecule has 1 N–H and O–H groups in total. The van der Waals surface area contributed by atoms with Crippen LogP contribution in [0.3, 0.4) is 0 Å². The van der Waals surface area contributed by atoms with Gasteiger partial charge in [0.2, 0.25) is 0 Å². The van der Waals surface area contributed by atoms with E-state index in [-0.39, 0.29) is 5.97 Å². The zero-order chi connectivity index (χ0) is 10.8. The fraction of sp³-hybridized carbons (Fsp3) is 0.250. The average molecular weight is 204 g/mol. The van der Waals surface area contributed by atoms with Crippen LogP contribution in [0.15, 0.2) is 30.3 Å². The highest BCUT2D eigenvalue weighted by Gasteiger charge is 2.25. The fourth-order valence-electron chi connectivity index (χ4n) is 1.71. The number of aliphatic hydroxyl groups excluding tert-OH is 1. The molecule has 3 heteroatoms. The Labute approximate surface area is 88.0 Å². The van der Waals surface area contributed by atoms with Crippen molar-refractivity contribution >= 4 is 12.0 Å². The van der Waals surface area contributed by atoms with Crippen LogP contribution < -0.4 is 0 Å². The zero-order valence-corrected chi connectivity index (χ0v) is 8.38. The Hall–Kier alpha value is -1.61. The second-order valence-corrected chi connectivity index (χ2v) is 3.51. The number of fused-ring (bicyclic) bond motifs is 1. The van der Waals surface area contributed by atoms with Crippen molar-refractivity contribution in [2.45, 2.75) is 19.1 Å². The summed E-state index contributed by atoms with van der Waals surface area (Å²) in [5, 5.41) is 9.94. The van der Waals surface area contributed by atoms with Gasteiger partial charge in [0.15, 0.2) is 6.10 Å². The molecule has 0 radical (unpaired) electrons. The maximum Gasteiger partial charge on any atom is 0.303 e. The van der Waals surface area contributed by atoms with E-state index in [0.717, 1.165) is 11.1 Å². The highest BCUT2D eigenvalue weighted by molar-refractivity contribution is 5.67. The number of carbonyl (C=O) groups is 1. The second-order valence-electron chi connectivity index (χ2n) is 3.51. The van der Waals surface area contributed by atoms with Crippen molar-refractivity contribution in [3.05, 3.63) is 41.5 Å². The van der Waals surface area contributed by atoms with Gasteiger partial charge in [-0.15, -0.1) is 0 Å². The molecule has 1 aliphatic rings. The molecule has 1 aromatic rings. The smallest absolute Gasteiger partial charge is 0.303 e. The molecule has 78 valence electrons. The Kier molecular flexibility index (Phi) is 2.56. The Morgan fingerprint density at radius 2 is 2.13 bits per heavy atom. The lowest BCUT2D eigenvalue weighted by Crippen LogP contribution is -2.25. The molecule has 0 fully saturated rings. The van der Waals surface area contributed by atoms with Crippen molar-refractivity contribution in [2.75, 3.05) is 0 Å². The molecule has 1 aromatic carbocycles. The van der Waals surface area contributed by atoms with Crippen molar-refractivity contribution in [3.63, 3.8) is 0 Å². The first kappa shape index (κ1) is 9.93. The number of benzene rings is 1. The molecule has 1 aliphatic carbocycles. The molecule has 15 heavy (non-hydrogen) atoms. The van der Waals surface area contributed by atoms with Crippen LogP contribution in [-0.2, 0) is 9.53 Å². The maximum absolute atomic E-state index is 10.8. The van der Waals surface area contributed by atoms with Crippen molar-refractivity contribution in [1.82, 2.24) is 0 Å². The van der Waals surface area contributed by atoms with Gasteiger partial charge >= 0.3 is 5.97 Å². The third-order valence-electron chi connectivity index (χ3n) is 2.39. The zero-order valence-electron chi connectivity index (χ0n) is 8.38. The quantitative estimate of drug-likeness (QED) is 0.708. The largest absolute Gasteiger partial charge is 0.455 e. The SMILES string of the molecule is CC(=O)O[C@@H]1C=Cc2ccccc2[C@H]1O. The topological polar surface area (TPSA) is 46.5 Å². The van der Waals surface area contributed by atoms with Crippen LogP contribution in [0.25, 0.3) is 6.08 Å². The molecular weight excluding hydrogens is 192 g/mol. The van der Waals surface area contributed by atoms with Crippen LogP contribution in [0, 0.1) is 0 Å². The minimum absolute atomic E-state index is 0.386. The second kappa shape index (κ2) is 3.87. The van der Waals surface area contributed by atoms with Crippen LogP contribution in [0.2, 0.25) is 0 Å². The monoisotopic (exact) mass is 204 g/mol. The van der Waals surface area contributed by atoms with Crippen LogP contribution in [0.1, 0.15) is 24.2 Å². The lowest BCUT2D eigenvalue weighted by molar-refractivity contribution is -0.149. The van der Waals surface area contributed by atoms with E-state index in [2.05, 4.69) is 0 Å². The summed E-state index contributed by atoms with van der Waals surface area (Å²) >= 11 is 0. The standard InChI is InChI=1S/C12H12O3/c1-8(13)15-11-7-6-9-4-2-3-5-10(9)12(11)14/h2-7,11-12,14H,1H3/t11-,12-/m1/s1. The van der Waals surface area contributed by atoms with E-state index in [9.17, 15) is 9.90 Å². The number of rotatable bonds is 1. The van der Waals surface area contributed by atoms with Gasteiger partial charge in [-0.05, 0) is 17.2 Å². The van der Waals surface area contributed by atoms with Gasteiger partial charge in [0, 0.05) is 6.92 Å². The molecule has 0 aromatic heterocycles. The summed E-state index contributed by atoms with van der Waals surface area (Å²) in [6.07, 6.45) is 2.22. The van der Waals surface area contributed by atoms with Gasteiger partial charge in [-0.2, -0.15) is 0 Å². The summed E-state index contributed by atoms with van der Waals surface area (Å²) < 4.78 is 4.98. The van der Waals surface area contributed by atoms with E-state index >= 15 is 0 Å². The Morgan fingerprint density at radius 3 is 2.87 bits per heavy atom. The van der Waals surface area contributed by atoms with E-state index < -0.39 is 12.2 Å². The van der Waals surface area contributed by atoms with Crippen molar-refractivity contribution in [1.29, 1.82) is 0 Å². The van der Waals surface area contributed by atoms with E-state index in [0.29, 0.717) is 0 Å². The molecule has 2 atom stereocenters. The first-order chi connectivity index (χ1) is 7.18. The minimum Gasteiger partial charge on any atom is -0.455 e. The summed E-state index contributed by atoms with van der Waals surface area (Å²) in [7, 11) is 0. The van der Waals surface area contributed by atoms with E-state index in [4.69, 9.17) is 4.74 Å². The summed E-state index contributed by atoms with van der Waals surface area (Å²) in [4.78, 5) is 10.8. The first-order valence-electron chi connectivity index (χ1n) is 4.81. The van der Waals surface area contributed by atoms with E-state index in [1.54, 1.807) is 6.08 Å². The van der Waals surface area contributed by atoms with Gasteiger partial charge in [0.25, 0.3) is 0 Å². The van der Waals surface area contributed by atoms with Gasteiger partial charge in [0.05, 0.1) is 0 Å². The molecule has 3 nitrogen and oxygen atoms in total. The normalized spacial score (nSPS) is 23.3. The van der Waals surface area contributed by atoms with Gasteiger partial charge in [-0.1, -0.05) is 30.3 Å². The molecule has 0 saturated carbocycles. The van der Waals surface area contributed by atoms with Gasteiger partial charge in [0.1, 0.15) is 6.10 Å². The van der Waals surface area contributed by atoms with Crippen molar-refractivity contribution < 1.29 is 14.6 Å². The maximum atomic E-state index is 10.8. The summed E-state index contributed by atoms with van der Waals surface area (Å²) in [6, 6.07) is 7.51. The number of carbonyl (C=O) groups excluding carboxylic acids is 1. The molecule has 0 aliphatic heterocycles. The molecule has 0 unspecified atom stereocenters. The third kappa shape index (κ3) is 1.92. The number of hydrogen-bond acceptors (Lipinski definition) is 3. The average Bonchev–Trinajstić information content (AvgIpc) is 2.22. The molecule has 0 bridgehead atoms. The Morgan fingerprint density at radius 1 is 1.40 bits per heavy atom. The summed E-state index contributed by atoms with van der Waals surface area (Å²) in [5.41, 5.74) is 1.76. The molecule has 0 saturated heterocycles.